The maximum atomic E-state index is 12.8. The van der Waals surface area contributed by atoms with Gasteiger partial charge in [0, 0.05) is 20.1 Å². The van der Waals surface area contributed by atoms with Crippen LogP contribution in [0.4, 0.5) is 13.2 Å². The van der Waals surface area contributed by atoms with E-state index in [-0.39, 0.29) is 12.2 Å². The number of methoxy groups -OCH3 is 2. The lowest BCUT2D eigenvalue weighted by Crippen LogP contribution is -2.12. The van der Waals surface area contributed by atoms with Crippen LogP contribution in [0.15, 0.2) is 18.2 Å². The van der Waals surface area contributed by atoms with Crippen molar-refractivity contribution >= 4 is 5.97 Å². The smallest absolute Gasteiger partial charge is 0.419 e. The van der Waals surface area contributed by atoms with Gasteiger partial charge in [-0.25, -0.2) is 4.79 Å². The SMILES string of the molecule is COCCCOc1cc(C(=O)OC)ccc1C(F)(F)F. The summed E-state index contributed by atoms with van der Waals surface area (Å²) in [4.78, 5) is 11.3. The first-order valence-electron chi connectivity index (χ1n) is 5.81. The normalized spacial score (nSPS) is 11.2. The third kappa shape index (κ3) is 4.41. The minimum absolute atomic E-state index is 0.00208. The molecule has 0 aliphatic heterocycles. The van der Waals surface area contributed by atoms with Crippen molar-refractivity contribution in [1.29, 1.82) is 0 Å². The zero-order valence-corrected chi connectivity index (χ0v) is 11.1. The van der Waals surface area contributed by atoms with Gasteiger partial charge in [-0.05, 0) is 18.2 Å². The average Bonchev–Trinajstić information content (AvgIpc) is 2.41. The lowest BCUT2D eigenvalue weighted by molar-refractivity contribution is -0.139. The molecular weight excluding hydrogens is 277 g/mol. The van der Waals surface area contributed by atoms with E-state index in [4.69, 9.17) is 9.47 Å². The largest absolute Gasteiger partial charge is 0.493 e. The molecule has 20 heavy (non-hydrogen) atoms. The van der Waals surface area contributed by atoms with Crippen LogP contribution in [-0.4, -0.2) is 33.4 Å². The Bertz CT molecular complexity index is 457. The number of hydrogen-bond donors (Lipinski definition) is 0. The van der Waals surface area contributed by atoms with Gasteiger partial charge in [-0.15, -0.1) is 0 Å². The van der Waals surface area contributed by atoms with Gasteiger partial charge < -0.3 is 14.2 Å². The van der Waals surface area contributed by atoms with E-state index in [2.05, 4.69) is 4.74 Å². The summed E-state index contributed by atoms with van der Waals surface area (Å²) in [6.45, 7) is 0.430. The molecule has 0 bridgehead atoms. The number of rotatable bonds is 6. The number of ether oxygens (including phenoxy) is 3. The fourth-order valence-electron chi connectivity index (χ4n) is 1.51. The summed E-state index contributed by atoms with van der Waals surface area (Å²) in [5.74, 6) is -1.11. The summed E-state index contributed by atoms with van der Waals surface area (Å²) in [6, 6.07) is 2.88. The molecule has 0 N–H and O–H groups in total. The molecule has 4 nitrogen and oxygen atoms in total. The summed E-state index contributed by atoms with van der Waals surface area (Å²) in [5.41, 5.74) is -0.926. The summed E-state index contributed by atoms with van der Waals surface area (Å²) >= 11 is 0. The standard InChI is InChI=1S/C13H15F3O4/c1-18-6-3-7-20-11-8-9(12(17)19-2)4-5-10(11)13(14,15)16/h4-5,8H,3,6-7H2,1-2H3. The first-order valence-corrected chi connectivity index (χ1v) is 5.81. The van der Waals surface area contributed by atoms with E-state index in [1.54, 1.807) is 0 Å². The van der Waals surface area contributed by atoms with Gasteiger partial charge in [0.25, 0.3) is 0 Å². The molecule has 1 rings (SSSR count). The Morgan fingerprint density at radius 1 is 1.20 bits per heavy atom. The molecule has 0 fully saturated rings. The van der Waals surface area contributed by atoms with Crippen LogP contribution >= 0.6 is 0 Å². The highest BCUT2D eigenvalue weighted by atomic mass is 19.4. The number of alkyl halides is 3. The van der Waals surface area contributed by atoms with Crippen LogP contribution in [-0.2, 0) is 15.7 Å². The Labute approximate surface area is 114 Å². The highest BCUT2D eigenvalue weighted by Gasteiger charge is 2.34. The minimum Gasteiger partial charge on any atom is -0.493 e. The van der Waals surface area contributed by atoms with E-state index in [9.17, 15) is 18.0 Å². The van der Waals surface area contributed by atoms with Crippen LogP contribution in [0, 0.1) is 0 Å². The van der Waals surface area contributed by atoms with Crippen molar-refractivity contribution in [1.82, 2.24) is 0 Å². The number of carbonyl (C=O) groups is 1. The van der Waals surface area contributed by atoms with Crippen LogP contribution < -0.4 is 4.74 Å². The van der Waals surface area contributed by atoms with Crippen LogP contribution in [0.3, 0.4) is 0 Å². The zero-order valence-electron chi connectivity index (χ0n) is 11.1. The summed E-state index contributed by atoms with van der Waals surface area (Å²) in [6.07, 6.45) is -4.11. The van der Waals surface area contributed by atoms with Crippen molar-refractivity contribution in [2.24, 2.45) is 0 Å². The molecule has 0 aliphatic carbocycles. The molecule has 1 aromatic carbocycles. The third-order valence-electron chi connectivity index (χ3n) is 2.46. The van der Waals surface area contributed by atoms with Crippen molar-refractivity contribution in [3.8, 4) is 5.75 Å². The van der Waals surface area contributed by atoms with Crippen molar-refractivity contribution in [3.63, 3.8) is 0 Å². The first kappa shape index (κ1) is 16.3. The Kier molecular flexibility index (Phi) is 5.82. The molecule has 112 valence electrons. The van der Waals surface area contributed by atoms with Crippen LogP contribution in [0.5, 0.6) is 5.75 Å². The van der Waals surface area contributed by atoms with Gasteiger partial charge in [0.15, 0.2) is 0 Å². The lowest BCUT2D eigenvalue weighted by Gasteiger charge is -2.14. The molecule has 0 amide bonds. The molecular formula is C13H15F3O4. The van der Waals surface area contributed by atoms with Gasteiger partial charge in [-0.2, -0.15) is 13.2 Å². The van der Waals surface area contributed by atoms with E-state index in [0.717, 1.165) is 25.3 Å². The van der Waals surface area contributed by atoms with Crippen molar-refractivity contribution < 1.29 is 32.2 Å². The van der Waals surface area contributed by atoms with Gasteiger partial charge in [0.2, 0.25) is 0 Å². The Balaban J connectivity index is 2.97. The van der Waals surface area contributed by atoms with Crippen LogP contribution in [0.2, 0.25) is 0 Å². The quantitative estimate of drug-likeness (QED) is 0.597. The fourth-order valence-corrected chi connectivity index (χ4v) is 1.51. The van der Waals surface area contributed by atoms with Crippen molar-refractivity contribution in [2.75, 3.05) is 27.4 Å². The van der Waals surface area contributed by atoms with E-state index in [1.807, 2.05) is 0 Å². The van der Waals surface area contributed by atoms with E-state index < -0.39 is 23.5 Å². The maximum absolute atomic E-state index is 12.8. The highest BCUT2D eigenvalue weighted by Crippen LogP contribution is 2.36. The van der Waals surface area contributed by atoms with Gasteiger partial charge in [-0.3, -0.25) is 0 Å². The van der Waals surface area contributed by atoms with Gasteiger partial charge in [0.1, 0.15) is 5.75 Å². The second-order valence-corrected chi connectivity index (χ2v) is 3.90. The summed E-state index contributed by atoms with van der Waals surface area (Å²) in [7, 11) is 2.64. The van der Waals surface area contributed by atoms with Crippen LogP contribution in [0.1, 0.15) is 22.3 Å². The topological polar surface area (TPSA) is 44.8 Å². The Morgan fingerprint density at radius 3 is 2.45 bits per heavy atom. The number of halogens is 3. The lowest BCUT2D eigenvalue weighted by atomic mass is 10.1. The minimum atomic E-state index is -4.55. The van der Waals surface area contributed by atoms with E-state index in [1.165, 1.54) is 7.11 Å². The molecule has 0 atom stereocenters. The van der Waals surface area contributed by atoms with Crippen molar-refractivity contribution in [3.05, 3.63) is 29.3 Å². The summed E-state index contributed by atoms with van der Waals surface area (Å²) < 4.78 is 52.8. The monoisotopic (exact) mass is 292 g/mol. The Hall–Kier alpha value is -1.76. The molecule has 0 spiro atoms. The van der Waals surface area contributed by atoms with Gasteiger partial charge in [0.05, 0.1) is 24.8 Å². The number of esters is 1. The van der Waals surface area contributed by atoms with Crippen LogP contribution in [0.25, 0.3) is 0 Å². The predicted octanol–water partition coefficient (Wildman–Crippen LogP) is 2.91. The molecule has 0 aliphatic rings. The maximum Gasteiger partial charge on any atom is 0.419 e. The molecule has 0 heterocycles. The fraction of sp³-hybridized carbons (Fsp3) is 0.462. The second kappa shape index (κ2) is 7.14. The average molecular weight is 292 g/mol. The molecule has 0 saturated heterocycles. The van der Waals surface area contributed by atoms with Gasteiger partial charge >= 0.3 is 12.1 Å². The highest BCUT2D eigenvalue weighted by molar-refractivity contribution is 5.89. The number of carbonyl (C=O) groups excluding carboxylic acids is 1. The summed E-state index contributed by atoms with van der Waals surface area (Å²) in [5, 5.41) is 0. The zero-order chi connectivity index (χ0) is 15.2. The number of hydrogen-bond acceptors (Lipinski definition) is 4. The van der Waals surface area contributed by atoms with Gasteiger partial charge in [-0.1, -0.05) is 0 Å². The molecule has 1 aromatic rings. The molecule has 0 radical (unpaired) electrons. The van der Waals surface area contributed by atoms with E-state index in [0.29, 0.717) is 13.0 Å². The predicted molar refractivity (Wildman–Crippen MR) is 64.8 cm³/mol. The third-order valence-corrected chi connectivity index (χ3v) is 2.46. The van der Waals surface area contributed by atoms with E-state index >= 15 is 0 Å². The Morgan fingerprint density at radius 2 is 1.90 bits per heavy atom. The first-order chi connectivity index (χ1) is 9.40. The molecule has 0 saturated carbocycles. The molecule has 0 aromatic heterocycles. The molecule has 7 heteroatoms. The number of benzene rings is 1. The second-order valence-electron chi connectivity index (χ2n) is 3.90. The molecule has 0 unspecified atom stereocenters. The van der Waals surface area contributed by atoms with Crippen molar-refractivity contribution in [2.45, 2.75) is 12.6 Å².